The number of rotatable bonds is 7. The second-order valence-electron chi connectivity index (χ2n) is 6.72. The summed E-state index contributed by atoms with van der Waals surface area (Å²) in [5.41, 5.74) is 2.77. The SMILES string of the molecule is CC(C)OCc1ccc(C(=O)O[C@@H](C)C(=O)c2c[nH]c3ccccc23)cc1. The van der Waals surface area contributed by atoms with Crippen LogP contribution in [0.15, 0.2) is 54.7 Å². The van der Waals surface area contributed by atoms with Crippen molar-refractivity contribution in [1.29, 1.82) is 0 Å². The molecule has 0 fully saturated rings. The highest BCUT2D eigenvalue weighted by atomic mass is 16.5. The van der Waals surface area contributed by atoms with Crippen molar-refractivity contribution in [2.45, 2.75) is 39.6 Å². The van der Waals surface area contributed by atoms with Crippen molar-refractivity contribution in [3.05, 3.63) is 71.4 Å². The van der Waals surface area contributed by atoms with Gasteiger partial charge in [-0.05, 0) is 44.5 Å². The first-order valence-corrected chi connectivity index (χ1v) is 8.97. The van der Waals surface area contributed by atoms with Crippen LogP contribution in [0.3, 0.4) is 0 Å². The molecule has 3 aromatic rings. The number of aromatic amines is 1. The molecular weight excluding hydrogens is 342 g/mol. The Hall–Kier alpha value is -2.92. The Morgan fingerprint density at radius 1 is 1.00 bits per heavy atom. The molecule has 0 aliphatic carbocycles. The van der Waals surface area contributed by atoms with Gasteiger partial charge in [-0.2, -0.15) is 0 Å². The van der Waals surface area contributed by atoms with Crippen molar-refractivity contribution < 1.29 is 19.1 Å². The predicted octanol–water partition coefficient (Wildman–Crippen LogP) is 4.52. The fraction of sp³-hybridized carbons (Fsp3) is 0.273. The summed E-state index contributed by atoms with van der Waals surface area (Å²) in [5, 5.41) is 0.819. The number of hydrogen-bond donors (Lipinski definition) is 1. The zero-order chi connectivity index (χ0) is 19.4. The lowest BCUT2D eigenvalue weighted by atomic mass is 10.1. The molecule has 5 nitrogen and oxygen atoms in total. The molecule has 1 N–H and O–H groups in total. The van der Waals surface area contributed by atoms with Gasteiger partial charge in [0, 0.05) is 22.7 Å². The van der Waals surface area contributed by atoms with Gasteiger partial charge in [-0.1, -0.05) is 30.3 Å². The Balaban J connectivity index is 1.65. The van der Waals surface area contributed by atoms with Gasteiger partial charge in [0.15, 0.2) is 6.10 Å². The quantitative estimate of drug-likeness (QED) is 0.494. The Kier molecular flexibility index (Phi) is 5.72. The number of carbonyl (C=O) groups excluding carboxylic acids is 2. The Labute approximate surface area is 158 Å². The van der Waals surface area contributed by atoms with Gasteiger partial charge in [-0.3, -0.25) is 4.79 Å². The number of nitrogens with one attached hydrogen (secondary N) is 1. The van der Waals surface area contributed by atoms with Crippen molar-refractivity contribution in [1.82, 2.24) is 4.98 Å². The molecule has 0 bridgehead atoms. The molecular formula is C22H23NO4. The van der Waals surface area contributed by atoms with E-state index in [1.807, 2.05) is 50.2 Å². The Morgan fingerprint density at radius 2 is 1.70 bits per heavy atom. The van der Waals surface area contributed by atoms with E-state index in [0.717, 1.165) is 16.5 Å². The van der Waals surface area contributed by atoms with E-state index in [9.17, 15) is 9.59 Å². The molecule has 27 heavy (non-hydrogen) atoms. The zero-order valence-electron chi connectivity index (χ0n) is 15.7. The first-order valence-electron chi connectivity index (χ1n) is 8.97. The number of fused-ring (bicyclic) bond motifs is 1. The number of hydrogen-bond acceptors (Lipinski definition) is 4. The maximum absolute atomic E-state index is 12.7. The summed E-state index contributed by atoms with van der Waals surface area (Å²) in [4.78, 5) is 28.1. The maximum Gasteiger partial charge on any atom is 0.338 e. The first kappa shape index (κ1) is 18.9. The summed E-state index contributed by atoms with van der Waals surface area (Å²) in [6.07, 6.45) is 0.924. The lowest BCUT2D eigenvalue weighted by molar-refractivity contribution is 0.0319. The second-order valence-corrected chi connectivity index (χ2v) is 6.72. The van der Waals surface area contributed by atoms with Crippen LogP contribution in [0.5, 0.6) is 0 Å². The number of esters is 1. The molecule has 140 valence electrons. The minimum atomic E-state index is -0.874. The lowest BCUT2D eigenvalue weighted by Gasteiger charge is -2.12. The van der Waals surface area contributed by atoms with Crippen molar-refractivity contribution >= 4 is 22.7 Å². The third-order valence-electron chi connectivity index (χ3n) is 4.28. The highest BCUT2D eigenvalue weighted by molar-refractivity contribution is 6.10. The van der Waals surface area contributed by atoms with Crippen LogP contribution >= 0.6 is 0 Å². The van der Waals surface area contributed by atoms with Crippen LogP contribution in [0.1, 0.15) is 47.1 Å². The molecule has 0 saturated carbocycles. The standard InChI is InChI=1S/C22H23NO4/c1-14(2)26-13-16-8-10-17(11-9-16)22(25)27-15(3)21(24)19-12-23-20-7-5-4-6-18(19)20/h4-12,14-15,23H,13H2,1-3H3/t15-/m0/s1. The van der Waals surface area contributed by atoms with Crippen LogP contribution in [0, 0.1) is 0 Å². The molecule has 0 radical (unpaired) electrons. The summed E-state index contributed by atoms with van der Waals surface area (Å²) in [7, 11) is 0. The van der Waals surface area contributed by atoms with Gasteiger partial charge in [-0.15, -0.1) is 0 Å². The van der Waals surface area contributed by atoms with Crippen LogP contribution in [0.2, 0.25) is 0 Å². The number of carbonyl (C=O) groups is 2. The molecule has 0 aliphatic heterocycles. The second kappa shape index (κ2) is 8.18. The molecule has 0 amide bonds. The molecule has 0 spiro atoms. The van der Waals surface area contributed by atoms with Gasteiger partial charge in [0.1, 0.15) is 0 Å². The third kappa shape index (κ3) is 4.44. The summed E-state index contributed by atoms with van der Waals surface area (Å²) < 4.78 is 10.9. The average Bonchev–Trinajstić information content (AvgIpc) is 3.10. The van der Waals surface area contributed by atoms with Gasteiger partial charge in [0.2, 0.25) is 5.78 Å². The molecule has 1 heterocycles. The predicted molar refractivity (Wildman–Crippen MR) is 104 cm³/mol. The molecule has 0 aliphatic rings. The van der Waals surface area contributed by atoms with E-state index in [4.69, 9.17) is 9.47 Å². The largest absolute Gasteiger partial charge is 0.451 e. The van der Waals surface area contributed by atoms with E-state index in [2.05, 4.69) is 4.98 Å². The molecule has 3 rings (SSSR count). The number of benzene rings is 2. The summed E-state index contributed by atoms with van der Waals surface area (Å²) >= 11 is 0. The van der Waals surface area contributed by atoms with E-state index in [-0.39, 0.29) is 11.9 Å². The van der Waals surface area contributed by atoms with E-state index in [1.54, 1.807) is 25.3 Å². The highest BCUT2D eigenvalue weighted by Gasteiger charge is 2.22. The number of ether oxygens (including phenoxy) is 2. The molecule has 0 unspecified atom stereocenters. The van der Waals surface area contributed by atoms with Crippen molar-refractivity contribution in [3.63, 3.8) is 0 Å². The van der Waals surface area contributed by atoms with Crippen molar-refractivity contribution in [2.75, 3.05) is 0 Å². The van der Waals surface area contributed by atoms with Gasteiger partial charge in [0.25, 0.3) is 0 Å². The van der Waals surface area contributed by atoms with Crippen LogP contribution in [-0.4, -0.2) is 28.9 Å². The third-order valence-corrected chi connectivity index (χ3v) is 4.28. The van der Waals surface area contributed by atoms with Gasteiger partial charge in [-0.25, -0.2) is 4.79 Å². The van der Waals surface area contributed by atoms with E-state index >= 15 is 0 Å². The summed E-state index contributed by atoms with van der Waals surface area (Å²) in [6.45, 7) is 6.02. The van der Waals surface area contributed by atoms with Crippen LogP contribution in [-0.2, 0) is 16.1 Å². The lowest BCUT2D eigenvalue weighted by Crippen LogP contribution is -2.24. The minimum Gasteiger partial charge on any atom is -0.451 e. The minimum absolute atomic E-state index is 0.144. The maximum atomic E-state index is 12.7. The highest BCUT2D eigenvalue weighted by Crippen LogP contribution is 2.20. The fourth-order valence-corrected chi connectivity index (χ4v) is 2.78. The number of H-pyrrole nitrogens is 1. The van der Waals surface area contributed by atoms with Crippen molar-refractivity contribution in [2.24, 2.45) is 0 Å². The topological polar surface area (TPSA) is 68.4 Å². The smallest absolute Gasteiger partial charge is 0.338 e. The normalized spacial score (nSPS) is 12.3. The average molecular weight is 365 g/mol. The number of para-hydroxylation sites is 1. The zero-order valence-corrected chi connectivity index (χ0v) is 15.7. The molecule has 2 aromatic carbocycles. The number of ketones is 1. The fourth-order valence-electron chi connectivity index (χ4n) is 2.78. The van der Waals surface area contributed by atoms with E-state index in [1.165, 1.54) is 0 Å². The van der Waals surface area contributed by atoms with Crippen LogP contribution in [0.4, 0.5) is 0 Å². The number of Topliss-reactive ketones (excluding diaryl/α,β-unsaturated/α-hetero) is 1. The van der Waals surface area contributed by atoms with Gasteiger partial charge in [0.05, 0.1) is 18.3 Å². The van der Waals surface area contributed by atoms with E-state index < -0.39 is 12.1 Å². The molecule has 1 atom stereocenters. The monoisotopic (exact) mass is 365 g/mol. The molecule has 0 saturated heterocycles. The van der Waals surface area contributed by atoms with Gasteiger partial charge >= 0.3 is 5.97 Å². The summed E-state index contributed by atoms with van der Waals surface area (Å²) in [6, 6.07) is 14.5. The van der Waals surface area contributed by atoms with Gasteiger partial charge < -0.3 is 14.5 Å². The van der Waals surface area contributed by atoms with Crippen LogP contribution < -0.4 is 0 Å². The van der Waals surface area contributed by atoms with Crippen molar-refractivity contribution in [3.8, 4) is 0 Å². The first-order chi connectivity index (χ1) is 13.0. The molecule has 5 heteroatoms. The molecule has 1 aromatic heterocycles. The van der Waals surface area contributed by atoms with E-state index in [0.29, 0.717) is 17.7 Å². The number of aromatic nitrogens is 1. The Morgan fingerprint density at radius 3 is 2.41 bits per heavy atom. The summed E-state index contributed by atoms with van der Waals surface area (Å²) in [5.74, 6) is -0.755. The van der Waals surface area contributed by atoms with Crippen LogP contribution in [0.25, 0.3) is 10.9 Å². The Bertz CT molecular complexity index is 940.